The fourth-order valence-corrected chi connectivity index (χ4v) is 2.61. The first-order valence-corrected chi connectivity index (χ1v) is 8.87. The molecule has 5 nitrogen and oxygen atoms in total. The van der Waals surface area contributed by atoms with Crippen LogP contribution in [0.25, 0.3) is 0 Å². The highest BCUT2D eigenvalue weighted by Gasteiger charge is 2.18. The number of hydrogen-bond acceptors (Lipinski definition) is 4. The smallest absolute Gasteiger partial charge is 0.261 e. The Morgan fingerprint density at radius 2 is 1.65 bits per heavy atom. The van der Waals surface area contributed by atoms with Gasteiger partial charge in [-0.05, 0) is 49.1 Å². The number of nitrogens with one attached hydrogen (secondary N) is 1. The number of carbonyl (C=O) groups is 1. The Bertz CT molecular complexity index is 702. The molecule has 26 heavy (non-hydrogen) atoms. The largest absolute Gasteiger partial charge is 0.497 e. The predicted octanol–water partition coefficient (Wildman–Crippen LogP) is 3.61. The molecular formula is C21H27NO4. The van der Waals surface area contributed by atoms with Crippen LogP contribution in [0.3, 0.4) is 0 Å². The number of ether oxygens (including phenoxy) is 3. The van der Waals surface area contributed by atoms with Gasteiger partial charge < -0.3 is 19.5 Å². The van der Waals surface area contributed by atoms with Crippen LogP contribution in [0.5, 0.6) is 17.2 Å². The number of benzene rings is 2. The molecule has 0 aliphatic carbocycles. The Morgan fingerprint density at radius 1 is 1.00 bits per heavy atom. The summed E-state index contributed by atoms with van der Waals surface area (Å²) in [5.74, 6) is 2.09. The molecule has 0 heterocycles. The maximum Gasteiger partial charge on any atom is 0.261 e. The van der Waals surface area contributed by atoms with E-state index in [0.717, 1.165) is 18.6 Å². The van der Waals surface area contributed by atoms with E-state index < -0.39 is 6.10 Å². The molecule has 1 atom stereocenters. The summed E-state index contributed by atoms with van der Waals surface area (Å²) >= 11 is 0. The molecule has 0 bridgehead atoms. The van der Waals surface area contributed by atoms with Gasteiger partial charge in [-0.25, -0.2) is 0 Å². The van der Waals surface area contributed by atoms with Crippen LogP contribution < -0.4 is 19.5 Å². The van der Waals surface area contributed by atoms with Crippen molar-refractivity contribution in [3.05, 3.63) is 54.1 Å². The molecule has 5 heteroatoms. The maximum atomic E-state index is 12.4. The lowest BCUT2D eigenvalue weighted by atomic mass is 10.1. The van der Waals surface area contributed by atoms with Crippen LogP contribution in [0, 0.1) is 0 Å². The summed E-state index contributed by atoms with van der Waals surface area (Å²) < 4.78 is 16.2. The van der Waals surface area contributed by atoms with Gasteiger partial charge >= 0.3 is 0 Å². The van der Waals surface area contributed by atoms with Crippen molar-refractivity contribution in [1.82, 2.24) is 5.32 Å². The molecule has 0 saturated heterocycles. The van der Waals surface area contributed by atoms with Crippen LogP contribution in [0.1, 0.15) is 25.3 Å². The first kappa shape index (κ1) is 19.6. The maximum absolute atomic E-state index is 12.4. The molecule has 0 aliphatic rings. The van der Waals surface area contributed by atoms with E-state index in [9.17, 15) is 4.79 Å². The molecule has 0 spiro atoms. The van der Waals surface area contributed by atoms with Crippen LogP contribution in [0.2, 0.25) is 0 Å². The van der Waals surface area contributed by atoms with Crippen molar-refractivity contribution in [3.63, 3.8) is 0 Å². The molecule has 0 aromatic heterocycles. The van der Waals surface area contributed by atoms with Crippen LogP contribution >= 0.6 is 0 Å². The van der Waals surface area contributed by atoms with Crippen molar-refractivity contribution in [2.75, 3.05) is 20.8 Å². The van der Waals surface area contributed by atoms with Gasteiger partial charge in [0.1, 0.15) is 17.2 Å². The molecule has 2 rings (SSSR count). The molecular weight excluding hydrogens is 330 g/mol. The van der Waals surface area contributed by atoms with E-state index in [1.165, 1.54) is 5.56 Å². The normalized spacial score (nSPS) is 11.5. The molecule has 0 saturated carbocycles. The lowest BCUT2D eigenvalue weighted by Gasteiger charge is -2.17. The van der Waals surface area contributed by atoms with Crippen molar-refractivity contribution in [3.8, 4) is 17.2 Å². The van der Waals surface area contributed by atoms with Crippen molar-refractivity contribution in [2.24, 2.45) is 0 Å². The standard InChI is InChI=1S/C21H27NO4/c1-4-20(26-19-12-6-11-18(15-19)25-3)21(23)22-13-7-9-16-8-5-10-17(14-16)24-2/h5-6,8,10-12,14-15,20H,4,7,9,13H2,1-3H3,(H,22,23). The van der Waals surface area contributed by atoms with Gasteiger partial charge in [-0.15, -0.1) is 0 Å². The highest BCUT2D eigenvalue weighted by Crippen LogP contribution is 2.20. The average molecular weight is 357 g/mol. The first-order valence-electron chi connectivity index (χ1n) is 8.87. The fraction of sp³-hybridized carbons (Fsp3) is 0.381. The SMILES string of the molecule is CCC(Oc1cccc(OC)c1)C(=O)NCCCc1cccc(OC)c1. The van der Waals surface area contributed by atoms with Gasteiger partial charge in [0.05, 0.1) is 14.2 Å². The van der Waals surface area contributed by atoms with E-state index in [0.29, 0.717) is 24.5 Å². The molecule has 0 fully saturated rings. The first-order chi connectivity index (χ1) is 12.7. The Morgan fingerprint density at radius 3 is 2.35 bits per heavy atom. The number of rotatable bonds is 10. The zero-order valence-electron chi connectivity index (χ0n) is 15.7. The predicted molar refractivity (Wildman–Crippen MR) is 102 cm³/mol. The Labute approximate surface area is 155 Å². The second kappa shape index (κ2) is 10.3. The van der Waals surface area contributed by atoms with Crippen molar-refractivity contribution >= 4 is 5.91 Å². The summed E-state index contributed by atoms with van der Waals surface area (Å²) in [5, 5.41) is 2.95. The molecule has 1 amide bonds. The molecule has 2 aromatic rings. The quantitative estimate of drug-likeness (QED) is 0.660. The second-order valence-corrected chi connectivity index (χ2v) is 5.94. The molecule has 0 aliphatic heterocycles. The minimum atomic E-state index is -0.515. The number of amides is 1. The van der Waals surface area contributed by atoms with Gasteiger partial charge in [0.2, 0.25) is 0 Å². The van der Waals surface area contributed by atoms with Crippen LogP contribution in [0.4, 0.5) is 0 Å². The molecule has 1 unspecified atom stereocenters. The molecule has 0 radical (unpaired) electrons. The molecule has 2 aromatic carbocycles. The number of aryl methyl sites for hydroxylation is 1. The number of hydrogen-bond donors (Lipinski definition) is 1. The average Bonchev–Trinajstić information content (AvgIpc) is 2.69. The molecule has 140 valence electrons. The minimum absolute atomic E-state index is 0.0963. The summed E-state index contributed by atoms with van der Waals surface area (Å²) in [4.78, 5) is 12.4. The van der Waals surface area contributed by atoms with Gasteiger partial charge in [0, 0.05) is 12.6 Å². The minimum Gasteiger partial charge on any atom is -0.497 e. The highest BCUT2D eigenvalue weighted by atomic mass is 16.5. The monoisotopic (exact) mass is 357 g/mol. The Hall–Kier alpha value is -2.69. The van der Waals surface area contributed by atoms with Crippen LogP contribution in [-0.2, 0) is 11.2 Å². The van der Waals surface area contributed by atoms with Gasteiger partial charge in [0.25, 0.3) is 5.91 Å². The van der Waals surface area contributed by atoms with E-state index in [1.54, 1.807) is 20.3 Å². The van der Waals surface area contributed by atoms with Crippen LogP contribution in [-0.4, -0.2) is 32.8 Å². The fourth-order valence-electron chi connectivity index (χ4n) is 2.61. The zero-order chi connectivity index (χ0) is 18.8. The van der Waals surface area contributed by atoms with Crippen LogP contribution in [0.15, 0.2) is 48.5 Å². The second-order valence-electron chi connectivity index (χ2n) is 5.94. The Balaban J connectivity index is 1.79. The van der Waals surface area contributed by atoms with Gasteiger partial charge in [-0.1, -0.05) is 25.1 Å². The summed E-state index contributed by atoms with van der Waals surface area (Å²) in [6.45, 7) is 2.54. The molecule has 1 N–H and O–H groups in total. The van der Waals surface area contributed by atoms with Gasteiger partial charge in [0.15, 0.2) is 6.10 Å². The van der Waals surface area contributed by atoms with Crippen molar-refractivity contribution in [2.45, 2.75) is 32.3 Å². The summed E-state index contributed by atoms with van der Waals surface area (Å²) in [7, 11) is 3.26. The number of methoxy groups -OCH3 is 2. The van der Waals surface area contributed by atoms with Gasteiger partial charge in [-0.2, -0.15) is 0 Å². The van der Waals surface area contributed by atoms with Gasteiger partial charge in [-0.3, -0.25) is 4.79 Å². The van der Waals surface area contributed by atoms with E-state index in [-0.39, 0.29) is 5.91 Å². The van der Waals surface area contributed by atoms with E-state index in [1.807, 2.05) is 43.3 Å². The summed E-state index contributed by atoms with van der Waals surface area (Å²) in [6, 6.07) is 15.3. The lowest BCUT2D eigenvalue weighted by Crippen LogP contribution is -2.38. The van der Waals surface area contributed by atoms with E-state index in [2.05, 4.69) is 11.4 Å². The van der Waals surface area contributed by atoms with Crippen molar-refractivity contribution in [1.29, 1.82) is 0 Å². The summed E-state index contributed by atoms with van der Waals surface area (Å²) in [5.41, 5.74) is 1.19. The third-order valence-electron chi connectivity index (χ3n) is 4.06. The lowest BCUT2D eigenvalue weighted by molar-refractivity contribution is -0.128. The number of carbonyl (C=O) groups excluding carboxylic acids is 1. The van der Waals surface area contributed by atoms with E-state index >= 15 is 0 Å². The third kappa shape index (κ3) is 5.99. The summed E-state index contributed by atoms with van der Waals surface area (Å²) in [6.07, 6.45) is 1.82. The Kier molecular flexibility index (Phi) is 7.80. The highest BCUT2D eigenvalue weighted by molar-refractivity contribution is 5.81. The third-order valence-corrected chi connectivity index (χ3v) is 4.06. The topological polar surface area (TPSA) is 56.8 Å². The zero-order valence-corrected chi connectivity index (χ0v) is 15.7. The van der Waals surface area contributed by atoms with E-state index in [4.69, 9.17) is 14.2 Å². The van der Waals surface area contributed by atoms with Crippen molar-refractivity contribution < 1.29 is 19.0 Å².